The van der Waals surface area contributed by atoms with Crippen molar-refractivity contribution in [3.8, 4) is 5.75 Å². The van der Waals surface area contributed by atoms with Gasteiger partial charge in [0.15, 0.2) is 0 Å². The van der Waals surface area contributed by atoms with Crippen LogP contribution in [0.5, 0.6) is 5.75 Å². The number of hydrogen-bond donors (Lipinski definition) is 3. The zero-order valence-corrected chi connectivity index (χ0v) is 19.0. The predicted octanol–water partition coefficient (Wildman–Crippen LogP) is -0.149. The number of benzene rings is 1. The van der Waals surface area contributed by atoms with Gasteiger partial charge in [0.1, 0.15) is 12.4 Å². The van der Waals surface area contributed by atoms with E-state index in [1.165, 1.54) is 0 Å². The predicted molar refractivity (Wildman–Crippen MR) is 119 cm³/mol. The van der Waals surface area contributed by atoms with Crippen molar-refractivity contribution in [2.24, 2.45) is 41.1 Å². The summed E-state index contributed by atoms with van der Waals surface area (Å²) in [4.78, 5) is 77.0. The lowest BCUT2D eigenvalue weighted by molar-refractivity contribution is -0.138. The molecule has 2 saturated heterocycles. The molecule has 3 fully saturated rings. The molecule has 12 nitrogen and oxygen atoms in total. The van der Waals surface area contributed by atoms with E-state index in [1.54, 1.807) is 30.3 Å². The first-order valence-electron chi connectivity index (χ1n) is 11.5. The zero-order valence-electron chi connectivity index (χ0n) is 19.0. The average Bonchev–Trinajstić information content (AvgIpc) is 3.25. The molecule has 2 aliphatic carbocycles. The van der Waals surface area contributed by atoms with Crippen molar-refractivity contribution < 1.29 is 38.6 Å². The molecular formula is C24H24N4O8. The first-order chi connectivity index (χ1) is 17.2. The Labute approximate surface area is 204 Å². The number of urea groups is 2. The molecule has 0 aromatic heterocycles. The van der Waals surface area contributed by atoms with Crippen LogP contribution >= 0.6 is 0 Å². The molecule has 6 unspecified atom stereocenters. The Bertz CT molecular complexity index is 1220. The van der Waals surface area contributed by atoms with Gasteiger partial charge in [-0.1, -0.05) is 23.8 Å². The highest BCUT2D eigenvalue weighted by Gasteiger charge is 2.63. The number of nitrogens with two attached hydrogens (primary N) is 2. The number of amides is 8. The maximum absolute atomic E-state index is 13.3. The SMILES string of the molecule is NC(=O)N1C(=O)C2CC=C3C(CC4C(=O)N(C(N)=O)C(=O)C4C3c3ccc(OCCO)cc3)C2C1=O. The fraction of sp³-hybridized carbons (Fsp3) is 0.417. The first-order valence-corrected chi connectivity index (χ1v) is 11.5. The standard InChI is InChI=1S/C24H24N4O8/c25-23(34)27-19(30)13-6-5-12-14(17(13)21(27)32)9-15-18(22(33)28(20(15)31)24(26)35)16(12)10-1-3-11(4-2-10)36-8-7-29/h1-5,13-18,29H,6-9H2,(H2,25,34)(H2,26,35). The van der Waals surface area contributed by atoms with E-state index in [0.717, 1.165) is 0 Å². The zero-order chi connectivity index (χ0) is 25.9. The Morgan fingerprint density at radius 1 is 0.861 bits per heavy atom. The van der Waals surface area contributed by atoms with E-state index in [2.05, 4.69) is 0 Å². The summed E-state index contributed by atoms with van der Waals surface area (Å²) in [6, 6.07) is 4.41. The Hall–Kier alpha value is -4.06. The highest BCUT2D eigenvalue weighted by atomic mass is 16.5. The van der Waals surface area contributed by atoms with E-state index in [0.29, 0.717) is 26.7 Å². The molecule has 5 rings (SSSR count). The monoisotopic (exact) mass is 496 g/mol. The maximum atomic E-state index is 13.3. The van der Waals surface area contributed by atoms with Gasteiger partial charge in [0.2, 0.25) is 23.6 Å². The third kappa shape index (κ3) is 3.32. The number of allylic oxidation sites excluding steroid dienone is 2. The summed E-state index contributed by atoms with van der Waals surface area (Å²) in [6.07, 6.45) is 2.01. The number of aliphatic hydroxyl groups excluding tert-OH is 1. The summed E-state index contributed by atoms with van der Waals surface area (Å²) < 4.78 is 5.41. The van der Waals surface area contributed by atoms with Crippen molar-refractivity contribution in [2.75, 3.05) is 13.2 Å². The Morgan fingerprint density at radius 2 is 1.44 bits per heavy atom. The average molecular weight is 496 g/mol. The second-order valence-electron chi connectivity index (χ2n) is 9.37. The molecular weight excluding hydrogens is 472 g/mol. The topological polar surface area (TPSA) is 190 Å². The van der Waals surface area contributed by atoms with Crippen molar-refractivity contribution in [1.29, 1.82) is 0 Å². The number of rotatable bonds is 4. The van der Waals surface area contributed by atoms with Gasteiger partial charge in [0.05, 0.1) is 30.3 Å². The minimum Gasteiger partial charge on any atom is -0.491 e. The molecule has 1 aromatic rings. The van der Waals surface area contributed by atoms with Gasteiger partial charge < -0.3 is 21.3 Å². The van der Waals surface area contributed by atoms with Gasteiger partial charge in [-0.2, -0.15) is 9.80 Å². The summed E-state index contributed by atoms with van der Waals surface area (Å²) in [5.41, 5.74) is 12.0. The number of likely N-dealkylation sites (tertiary alicyclic amines) is 2. The molecule has 2 aliphatic heterocycles. The molecule has 12 heteroatoms. The van der Waals surface area contributed by atoms with E-state index in [-0.39, 0.29) is 26.1 Å². The molecule has 0 bridgehead atoms. The number of carbonyl (C=O) groups is 6. The van der Waals surface area contributed by atoms with Crippen LogP contribution < -0.4 is 16.2 Å². The van der Waals surface area contributed by atoms with Gasteiger partial charge in [-0.3, -0.25) is 19.2 Å². The number of carbonyl (C=O) groups excluding carboxylic acids is 6. The minimum absolute atomic E-state index is 0.0475. The normalized spacial score (nSPS) is 31.1. The number of ether oxygens (including phenoxy) is 1. The molecule has 2 heterocycles. The van der Waals surface area contributed by atoms with Crippen molar-refractivity contribution in [1.82, 2.24) is 9.80 Å². The first kappa shape index (κ1) is 23.7. The molecule has 8 amide bonds. The second kappa shape index (κ2) is 8.55. The van der Waals surface area contributed by atoms with E-state index in [1.807, 2.05) is 0 Å². The van der Waals surface area contributed by atoms with Gasteiger partial charge in [0, 0.05) is 5.92 Å². The van der Waals surface area contributed by atoms with Crippen molar-refractivity contribution in [2.45, 2.75) is 18.8 Å². The van der Waals surface area contributed by atoms with Crippen LogP contribution in [-0.4, -0.2) is 63.8 Å². The van der Waals surface area contributed by atoms with Crippen molar-refractivity contribution in [3.63, 3.8) is 0 Å². The van der Waals surface area contributed by atoms with Crippen LogP contribution in [0.25, 0.3) is 0 Å². The highest BCUT2D eigenvalue weighted by molar-refractivity contribution is 6.18. The summed E-state index contributed by atoms with van der Waals surface area (Å²) in [5.74, 6) is -7.23. The van der Waals surface area contributed by atoms with Crippen LogP contribution in [0.4, 0.5) is 9.59 Å². The molecule has 6 atom stereocenters. The molecule has 188 valence electrons. The molecule has 1 saturated carbocycles. The van der Waals surface area contributed by atoms with E-state index in [9.17, 15) is 28.8 Å². The van der Waals surface area contributed by atoms with Gasteiger partial charge in [-0.25, -0.2) is 9.59 Å². The number of imide groups is 6. The lowest BCUT2D eigenvalue weighted by Gasteiger charge is -2.44. The molecule has 4 aliphatic rings. The third-order valence-electron chi connectivity index (χ3n) is 7.69. The Balaban J connectivity index is 1.60. The van der Waals surface area contributed by atoms with Crippen LogP contribution in [-0.2, 0) is 19.2 Å². The molecule has 5 N–H and O–H groups in total. The quantitative estimate of drug-likeness (QED) is 0.379. The summed E-state index contributed by atoms with van der Waals surface area (Å²) >= 11 is 0. The second-order valence-corrected chi connectivity index (χ2v) is 9.37. The van der Waals surface area contributed by atoms with E-state index in [4.69, 9.17) is 21.3 Å². The van der Waals surface area contributed by atoms with Crippen LogP contribution in [0.2, 0.25) is 0 Å². The summed E-state index contributed by atoms with van der Waals surface area (Å²) in [6.45, 7) is -0.0727. The Morgan fingerprint density at radius 3 is 2.03 bits per heavy atom. The van der Waals surface area contributed by atoms with Crippen molar-refractivity contribution in [3.05, 3.63) is 41.5 Å². The number of fused-ring (bicyclic) bond motifs is 4. The largest absolute Gasteiger partial charge is 0.491 e. The highest BCUT2D eigenvalue weighted by Crippen LogP contribution is 2.57. The van der Waals surface area contributed by atoms with Gasteiger partial charge in [0.25, 0.3) is 0 Å². The molecule has 1 aromatic carbocycles. The Kier molecular flexibility index (Phi) is 5.62. The minimum atomic E-state index is -1.17. The van der Waals surface area contributed by atoms with E-state index < -0.39 is 71.2 Å². The van der Waals surface area contributed by atoms with Gasteiger partial charge in [-0.15, -0.1) is 0 Å². The molecule has 0 spiro atoms. The van der Waals surface area contributed by atoms with Crippen molar-refractivity contribution >= 4 is 35.7 Å². The van der Waals surface area contributed by atoms with Crippen LogP contribution in [0.15, 0.2) is 35.9 Å². The lowest BCUT2D eigenvalue weighted by atomic mass is 9.57. The lowest BCUT2D eigenvalue weighted by Crippen LogP contribution is -2.44. The maximum Gasteiger partial charge on any atom is 0.328 e. The third-order valence-corrected chi connectivity index (χ3v) is 7.69. The van der Waals surface area contributed by atoms with Gasteiger partial charge >= 0.3 is 12.1 Å². The number of primary amides is 2. The van der Waals surface area contributed by atoms with Crippen LogP contribution in [0, 0.1) is 29.6 Å². The molecule has 36 heavy (non-hydrogen) atoms. The number of hydrogen-bond acceptors (Lipinski definition) is 8. The number of nitrogens with zero attached hydrogens (tertiary/aromatic N) is 2. The molecule has 0 radical (unpaired) electrons. The van der Waals surface area contributed by atoms with E-state index >= 15 is 0 Å². The fourth-order valence-electron chi connectivity index (χ4n) is 6.33. The fourth-order valence-corrected chi connectivity index (χ4v) is 6.33. The summed E-state index contributed by atoms with van der Waals surface area (Å²) in [5, 5.41) is 8.98. The smallest absolute Gasteiger partial charge is 0.328 e. The summed E-state index contributed by atoms with van der Waals surface area (Å²) in [7, 11) is 0. The number of aliphatic hydroxyl groups is 1. The van der Waals surface area contributed by atoms with Crippen LogP contribution in [0.3, 0.4) is 0 Å². The van der Waals surface area contributed by atoms with Crippen LogP contribution in [0.1, 0.15) is 24.3 Å². The van der Waals surface area contributed by atoms with Gasteiger partial charge in [-0.05, 0) is 36.5 Å².